The van der Waals surface area contributed by atoms with Crippen LogP contribution < -0.4 is 4.90 Å². The second kappa shape index (κ2) is 9.70. The summed E-state index contributed by atoms with van der Waals surface area (Å²) >= 11 is 0. The molecule has 1 heterocycles. The fraction of sp³-hybridized carbons (Fsp3) is 0.417. The van der Waals surface area contributed by atoms with Crippen molar-refractivity contribution < 1.29 is 9.59 Å². The number of carbonyl (C=O) groups excluding carboxylic acids is 2. The number of anilines is 1. The van der Waals surface area contributed by atoms with Crippen LogP contribution in [-0.2, 0) is 16.1 Å². The molecule has 5 nitrogen and oxygen atoms in total. The molecule has 2 aromatic rings. The highest BCUT2D eigenvalue weighted by Crippen LogP contribution is 2.20. The van der Waals surface area contributed by atoms with Crippen LogP contribution in [0.3, 0.4) is 0 Å². The number of nitrogens with zero attached hydrogens (tertiary/aromatic N) is 3. The van der Waals surface area contributed by atoms with Crippen LogP contribution in [-0.4, -0.2) is 54.3 Å². The minimum absolute atomic E-state index is 0.0320. The van der Waals surface area contributed by atoms with Crippen LogP contribution in [0.25, 0.3) is 0 Å². The van der Waals surface area contributed by atoms with E-state index in [0.717, 1.165) is 49.5 Å². The first kappa shape index (κ1) is 21.1. The molecule has 1 aliphatic rings. The van der Waals surface area contributed by atoms with Gasteiger partial charge < -0.3 is 9.80 Å². The molecule has 0 spiro atoms. The molecular formula is C24H31N3O2. The van der Waals surface area contributed by atoms with Gasteiger partial charge in [-0.25, -0.2) is 0 Å². The van der Waals surface area contributed by atoms with Crippen molar-refractivity contribution in [1.29, 1.82) is 0 Å². The van der Waals surface area contributed by atoms with Crippen molar-refractivity contribution in [2.75, 3.05) is 37.6 Å². The van der Waals surface area contributed by atoms with E-state index in [1.807, 2.05) is 36.9 Å². The minimum atomic E-state index is -0.0320. The lowest BCUT2D eigenvalue weighted by Crippen LogP contribution is -2.49. The summed E-state index contributed by atoms with van der Waals surface area (Å²) in [6, 6.07) is 16.5. The van der Waals surface area contributed by atoms with E-state index in [0.29, 0.717) is 13.0 Å². The zero-order chi connectivity index (χ0) is 20.8. The Hall–Kier alpha value is -2.66. The topological polar surface area (TPSA) is 43.9 Å². The largest absolute Gasteiger partial charge is 0.340 e. The average Bonchev–Trinajstić information content (AvgIpc) is 2.68. The maximum absolute atomic E-state index is 12.7. The van der Waals surface area contributed by atoms with Crippen LogP contribution in [0.4, 0.5) is 5.69 Å². The summed E-state index contributed by atoms with van der Waals surface area (Å²) in [4.78, 5) is 30.9. The van der Waals surface area contributed by atoms with Gasteiger partial charge in [-0.1, -0.05) is 36.4 Å². The zero-order valence-corrected chi connectivity index (χ0v) is 17.7. The van der Waals surface area contributed by atoms with E-state index in [4.69, 9.17) is 0 Å². The van der Waals surface area contributed by atoms with Gasteiger partial charge in [0.15, 0.2) is 0 Å². The fourth-order valence-corrected chi connectivity index (χ4v) is 3.94. The van der Waals surface area contributed by atoms with Crippen LogP contribution in [0.1, 0.15) is 30.0 Å². The monoisotopic (exact) mass is 393 g/mol. The lowest BCUT2D eigenvalue weighted by Gasteiger charge is -2.35. The number of aryl methyl sites for hydroxylation is 2. The molecule has 0 unspecified atom stereocenters. The highest BCUT2D eigenvalue weighted by Gasteiger charge is 2.22. The summed E-state index contributed by atoms with van der Waals surface area (Å²) in [5.41, 5.74) is 4.41. The highest BCUT2D eigenvalue weighted by molar-refractivity contribution is 5.92. The number of hydrogen-bond donors (Lipinski definition) is 0. The van der Waals surface area contributed by atoms with Crippen molar-refractivity contribution >= 4 is 17.5 Å². The summed E-state index contributed by atoms with van der Waals surface area (Å²) < 4.78 is 0. The molecule has 0 bridgehead atoms. The van der Waals surface area contributed by atoms with Crippen molar-refractivity contribution in [3.8, 4) is 0 Å². The van der Waals surface area contributed by atoms with Gasteiger partial charge in [0, 0.05) is 58.3 Å². The summed E-state index contributed by atoms with van der Waals surface area (Å²) in [5, 5.41) is 0. The van der Waals surface area contributed by atoms with E-state index < -0.39 is 0 Å². The van der Waals surface area contributed by atoms with Gasteiger partial charge in [0.05, 0.1) is 0 Å². The van der Waals surface area contributed by atoms with E-state index in [-0.39, 0.29) is 11.8 Å². The van der Waals surface area contributed by atoms with Crippen molar-refractivity contribution in [2.45, 2.75) is 33.7 Å². The summed E-state index contributed by atoms with van der Waals surface area (Å²) in [6.45, 7) is 10.2. The molecule has 29 heavy (non-hydrogen) atoms. The lowest BCUT2D eigenvalue weighted by atomic mass is 10.1. The third-order valence-electron chi connectivity index (χ3n) is 5.42. The maximum atomic E-state index is 12.7. The Morgan fingerprint density at radius 3 is 2.14 bits per heavy atom. The van der Waals surface area contributed by atoms with E-state index >= 15 is 0 Å². The summed E-state index contributed by atoms with van der Waals surface area (Å²) in [7, 11) is 0. The summed E-state index contributed by atoms with van der Waals surface area (Å²) in [5.74, 6) is 0.0930. The Bertz CT molecular complexity index is 822. The molecule has 2 aromatic carbocycles. The Balaban J connectivity index is 1.51. The summed E-state index contributed by atoms with van der Waals surface area (Å²) in [6.07, 6.45) is 0.352. The number of hydrogen-bond acceptors (Lipinski definition) is 3. The molecule has 154 valence electrons. The van der Waals surface area contributed by atoms with Crippen LogP contribution in [0.5, 0.6) is 0 Å². The van der Waals surface area contributed by atoms with Gasteiger partial charge in [0.1, 0.15) is 0 Å². The first-order valence-corrected chi connectivity index (χ1v) is 10.3. The highest BCUT2D eigenvalue weighted by atomic mass is 16.2. The first-order valence-electron chi connectivity index (χ1n) is 10.3. The number of piperazine rings is 1. The van der Waals surface area contributed by atoms with Gasteiger partial charge >= 0.3 is 0 Å². The van der Waals surface area contributed by atoms with Crippen LogP contribution in [0, 0.1) is 13.8 Å². The molecule has 0 aliphatic carbocycles. The molecule has 5 heteroatoms. The van der Waals surface area contributed by atoms with E-state index in [9.17, 15) is 9.59 Å². The predicted molar refractivity (Wildman–Crippen MR) is 117 cm³/mol. The third-order valence-corrected chi connectivity index (χ3v) is 5.42. The van der Waals surface area contributed by atoms with Gasteiger partial charge in [-0.2, -0.15) is 0 Å². The van der Waals surface area contributed by atoms with E-state index in [1.165, 1.54) is 5.56 Å². The Morgan fingerprint density at radius 2 is 1.55 bits per heavy atom. The second-order valence-corrected chi connectivity index (χ2v) is 7.91. The molecule has 0 atom stereocenters. The second-order valence-electron chi connectivity index (χ2n) is 7.91. The van der Waals surface area contributed by atoms with Gasteiger partial charge in [0.25, 0.3) is 0 Å². The first-order chi connectivity index (χ1) is 13.9. The predicted octanol–water partition coefficient (Wildman–Crippen LogP) is 3.39. The van der Waals surface area contributed by atoms with Crippen molar-refractivity contribution in [3.05, 3.63) is 65.2 Å². The van der Waals surface area contributed by atoms with Crippen LogP contribution in [0.15, 0.2) is 48.5 Å². The van der Waals surface area contributed by atoms with Gasteiger partial charge in [-0.05, 0) is 42.7 Å². The molecule has 0 N–H and O–H groups in total. The van der Waals surface area contributed by atoms with Crippen molar-refractivity contribution in [2.24, 2.45) is 0 Å². The smallest absolute Gasteiger partial charge is 0.224 e. The normalized spacial score (nSPS) is 14.7. The Kier molecular flexibility index (Phi) is 7.04. The number of rotatable bonds is 6. The number of carbonyl (C=O) groups is 2. The molecule has 0 saturated carbocycles. The zero-order valence-electron chi connectivity index (χ0n) is 17.7. The number of benzene rings is 2. The average molecular weight is 394 g/mol. The van der Waals surface area contributed by atoms with Gasteiger partial charge in [-0.3, -0.25) is 14.5 Å². The SMILES string of the molecule is CC(=O)N(CCC(=O)N1CCN(Cc2ccccc2)CC1)c1cc(C)cc(C)c1. The molecule has 1 saturated heterocycles. The Morgan fingerprint density at radius 1 is 0.931 bits per heavy atom. The van der Waals surface area contributed by atoms with E-state index in [1.54, 1.807) is 11.8 Å². The van der Waals surface area contributed by atoms with Crippen LogP contribution >= 0.6 is 0 Å². The van der Waals surface area contributed by atoms with Crippen molar-refractivity contribution in [3.63, 3.8) is 0 Å². The molecular weight excluding hydrogens is 362 g/mol. The molecule has 2 amide bonds. The lowest BCUT2D eigenvalue weighted by molar-refractivity contribution is -0.132. The molecule has 0 aromatic heterocycles. The Labute approximate surface area is 173 Å². The quantitative estimate of drug-likeness (QED) is 0.756. The standard InChI is InChI=1S/C24H31N3O2/c1-19-15-20(2)17-23(16-19)27(21(3)28)10-9-24(29)26-13-11-25(12-14-26)18-22-7-5-4-6-8-22/h4-8,15-17H,9-14,18H2,1-3H3. The fourth-order valence-electron chi connectivity index (χ4n) is 3.94. The molecule has 1 aliphatic heterocycles. The van der Waals surface area contributed by atoms with Crippen molar-refractivity contribution in [1.82, 2.24) is 9.80 Å². The molecule has 3 rings (SSSR count). The van der Waals surface area contributed by atoms with E-state index in [2.05, 4.69) is 35.2 Å². The third kappa shape index (κ3) is 5.91. The maximum Gasteiger partial charge on any atom is 0.224 e. The number of amides is 2. The van der Waals surface area contributed by atoms with Gasteiger partial charge in [0.2, 0.25) is 11.8 Å². The van der Waals surface area contributed by atoms with Gasteiger partial charge in [-0.15, -0.1) is 0 Å². The van der Waals surface area contributed by atoms with Crippen LogP contribution in [0.2, 0.25) is 0 Å². The minimum Gasteiger partial charge on any atom is -0.340 e. The molecule has 1 fully saturated rings. The molecule has 0 radical (unpaired) electrons.